The summed E-state index contributed by atoms with van der Waals surface area (Å²) in [6.45, 7) is 5.45. The SMILES string of the molecule is Cc1cc2nc3c(c(Cl)c2c(C)c1Br)COCC3. The van der Waals surface area contributed by atoms with Gasteiger partial charge in [-0.15, -0.1) is 0 Å². The lowest BCUT2D eigenvalue weighted by Gasteiger charge is -2.20. The van der Waals surface area contributed by atoms with Gasteiger partial charge >= 0.3 is 0 Å². The van der Waals surface area contributed by atoms with Gasteiger partial charge in [0.05, 0.1) is 29.4 Å². The zero-order chi connectivity index (χ0) is 12.9. The molecule has 0 N–H and O–H groups in total. The maximum atomic E-state index is 6.55. The van der Waals surface area contributed by atoms with Crippen LogP contribution in [-0.2, 0) is 17.8 Å². The average molecular weight is 327 g/mol. The van der Waals surface area contributed by atoms with Gasteiger partial charge in [0.25, 0.3) is 0 Å². The third kappa shape index (κ3) is 1.77. The Labute approximate surface area is 119 Å². The number of hydrogen-bond donors (Lipinski definition) is 0. The van der Waals surface area contributed by atoms with E-state index < -0.39 is 0 Å². The van der Waals surface area contributed by atoms with E-state index in [4.69, 9.17) is 21.3 Å². The Morgan fingerprint density at radius 2 is 2.17 bits per heavy atom. The Balaban J connectivity index is 2.43. The summed E-state index contributed by atoms with van der Waals surface area (Å²) in [6.07, 6.45) is 0.846. The Bertz CT molecular complexity index is 654. The van der Waals surface area contributed by atoms with E-state index in [9.17, 15) is 0 Å². The van der Waals surface area contributed by atoms with Crippen LogP contribution in [0.4, 0.5) is 0 Å². The monoisotopic (exact) mass is 325 g/mol. The van der Waals surface area contributed by atoms with Crippen molar-refractivity contribution in [3.8, 4) is 0 Å². The summed E-state index contributed by atoms with van der Waals surface area (Å²) < 4.78 is 6.59. The van der Waals surface area contributed by atoms with E-state index in [1.165, 1.54) is 5.56 Å². The third-order valence-electron chi connectivity index (χ3n) is 3.48. The molecule has 1 aliphatic rings. The van der Waals surface area contributed by atoms with Crippen molar-refractivity contribution >= 4 is 38.4 Å². The molecule has 4 heteroatoms. The maximum absolute atomic E-state index is 6.55. The van der Waals surface area contributed by atoms with Gasteiger partial charge in [0.15, 0.2) is 0 Å². The number of rotatable bonds is 0. The number of fused-ring (bicyclic) bond motifs is 2. The van der Waals surface area contributed by atoms with E-state index in [1.807, 2.05) is 0 Å². The van der Waals surface area contributed by atoms with Crippen LogP contribution in [-0.4, -0.2) is 11.6 Å². The van der Waals surface area contributed by atoms with Crippen molar-refractivity contribution < 1.29 is 4.74 Å². The molecule has 2 aromatic rings. The molecule has 1 aromatic heterocycles. The molecule has 0 unspecified atom stereocenters. The Morgan fingerprint density at radius 1 is 1.39 bits per heavy atom. The fourth-order valence-corrected chi connectivity index (χ4v) is 3.21. The molecule has 0 bridgehead atoms. The summed E-state index contributed by atoms with van der Waals surface area (Å²) in [5, 5.41) is 1.84. The first-order chi connectivity index (χ1) is 8.59. The largest absolute Gasteiger partial charge is 0.376 e. The predicted octanol–water partition coefficient (Wildman–Crippen LogP) is 4.34. The first-order valence-electron chi connectivity index (χ1n) is 5.94. The lowest BCUT2D eigenvalue weighted by atomic mass is 10.0. The Morgan fingerprint density at radius 3 is 2.94 bits per heavy atom. The summed E-state index contributed by atoms with van der Waals surface area (Å²) >= 11 is 10.2. The van der Waals surface area contributed by atoms with Gasteiger partial charge in [0.1, 0.15) is 0 Å². The minimum absolute atomic E-state index is 0.571. The molecule has 0 saturated carbocycles. The predicted molar refractivity (Wildman–Crippen MR) is 77.3 cm³/mol. The fourth-order valence-electron chi connectivity index (χ4n) is 2.49. The molecular formula is C14H13BrClNO. The van der Waals surface area contributed by atoms with Crippen molar-refractivity contribution in [3.05, 3.63) is 37.9 Å². The van der Waals surface area contributed by atoms with Crippen molar-refractivity contribution in [2.75, 3.05) is 6.61 Å². The van der Waals surface area contributed by atoms with Gasteiger partial charge in [-0.05, 0) is 31.0 Å². The van der Waals surface area contributed by atoms with Crippen LogP contribution >= 0.6 is 27.5 Å². The first-order valence-corrected chi connectivity index (χ1v) is 7.11. The van der Waals surface area contributed by atoms with Crippen molar-refractivity contribution in [2.24, 2.45) is 0 Å². The number of benzene rings is 1. The summed E-state index contributed by atoms with van der Waals surface area (Å²) in [4.78, 5) is 4.75. The van der Waals surface area contributed by atoms with Gasteiger partial charge in [-0.3, -0.25) is 4.98 Å². The summed E-state index contributed by atoms with van der Waals surface area (Å²) in [5.41, 5.74) is 5.46. The van der Waals surface area contributed by atoms with Crippen molar-refractivity contribution in [1.29, 1.82) is 0 Å². The molecule has 3 rings (SSSR count). The van der Waals surface area contributed by atoms with Crippen LogP contribution in [0.3, 0.4) is 0 Å². The Kier molecular flexibility index (Phi) is 3.08. The minimum atomic E-state index is 0.571. The number of halogens is 2. The third-order valence-corrected chi connectivity index (χ3v) is 5.11. The maximum Gasteiger partial charge on any atom is 0.0749 e. The number of nitrogens with zero attached hydrogens (tertiary/aromatic N) is 1. The molecule has 0 spiro atoms. The van der Waals surface area contributed by atoms with E-state index in [-0.39, 0.29) is 0 Å². The summed E-state index contributed by atoms with van der Waals surface area (Å²) in [7, 11) is 0. The van der Waals surface area contributed by atoms with Crippen molar-refractivity contribution in [2.45, 2.75) is 26.9 Å². The highest BCUT2D eigenvalue weighted by atomic mass is 79.9. The van der Waals surface area contributed by atoms with Crippen LogP contribution in [0.5, 0.6) is 0 Å². The second-order valence-corrected chi connectivity index (χ2v) is 5.85. The topological polar surface area (TPSA) is 22.1 Å². The molecule has 0 fully saturated rings. The molecular weight excluding hydrogens is 314 g/mol. The second-order valence-electron chi connectivity index (χ2n) is 4.68. The van der Waals surface area contributed by atoms with Gasteiger partial charge < -0.3 is 4.74 Å². The highest BCUT2D eigenvalue weighted by Crippen LogP contribution is 2.37. The van der Waals surface area contributed by atoms with Crippen LogP contribution in [0.25, 0.3) is 10.9 Å². The van der Waals surface area contributed by atoms with Crippen LogP contribution < -0.4 is 0 Å². The van der Waals surface area contributed by atoms with Gasteiger partial charge in [-0.2, -0.15) is 0 Å². The number of aryl methyl sites for hydroxylation is 2. The molecule has 0 atom stereocenters. The van der Waals surface area contributed by atoms with Crippen molar-refractivity contribution in [1.82, 2.24) is 4.98 Å². The van der Waals surface area contributed by atoms with Crippen LogP contribution in [0.1, 0.15) is 22.4 Å². The molecule has 2 nitrogen and oxygen atoms in total. The number of aromatic nitrogens is 1. The smallest absolute Gasteiger partial charge is 0.0749 e. The summed E-state index contributed by atoms with van der Waals surface area (Å²) in [5.74, 6) is 0. The van der Waals surface area contributed by atoms with E-state index in [0.29, 0.717) is 6.61 Å². The summed E-state index contributed by atoms with van der Waals surface area (Å²) in [6, 6.07) is 2.09. The van der Waals surface area contributed by atoms with Crippen LogP contribution in [0.2, 0.25) is 5.02 Å². The molecule has 2 heterocycles. The molecule has 0 radical (unpaired) electrons. The number of pyridine rings is 1. The normalized spacial score (nSPS) is 14.9. The molecule has 1 aliphatic heterocycles. The minimum Gasteiger partial charge on any atom is -0.376 e. The van der Waals surface area contributed by atoms with Crippen LogP contribution in [0, 0.1) is 13.8 Å². The Hall–Kier alpha value is -0.640. The molecule has 1 aromatic carbocycles. The fraction of sp³-hybridized carbons (Fsp3) is 0.357. The molecule has 0 aliphatic carbocycles. The van der Waals surface area contributed by atoms with Gasteiger partial charge in [0, 0.05) is 21.8 Å². The van der Waals surface area contributed by atoms with E-state index in [1.54, 1.807) is 0 Å². The highest BCUT2D eigenvalue weighted by molar-refractivity contribution is 9.10. The first kappa shape index (κ1) is 12.4. The zero-order valence-electron chi connectivity index (χ0n) is 10.3. The van der Waals surface area contributed by atoms with Gasteiger partial charge in [-0.25, -0.2) is 0 Å². The lowest BCUT2D eigenvalue weighted by Crippen LogP contribution is -2.13. The average Bonchev–Trinajstić information content (AvgIpc) is 2.36. The molecule has 0 saturated heterocycles. The number of ether oxygens (including phenoxy) is 1. The van der Waals surface area contributed by atoms with Crippen LogP contribution in [0.15, 0.2) is 10.5 Å². The van der Waals surface area contributed by atoms with Gasteiger partial charge in [-0.1, -0.05) is 27.5 Å². The zero-order valence-corrected chi connectivity index (χ0v) is 12.7. The molecule has 94 valence electrons. The van der Waals surface area contributed by atoms with Gasteiger partial charge in [0.2, 0.25) is 0 Å². The van der Waals surface area contributed by atoms with E-state index in [2.05, 4.69) is 35.8 Å². The van der Waals surface area contributed by atoms with E-state index >= 15 is 0 Å². The van der Waals surface area contributed by atoms with E-state index in [0.717, 1.165) is 50.2 Å². The quantitative estimate of drug-likeness (QED) is 0.718. The molecule has 18 heavy (non-hydrogen) atoms. The lowest BCUT2D eigenvalue weighted by molar-refractivity contribution is 0.109. The second kappa shape index (κ2) is 4.48. The molecule has 0 amide bonds. The standard InChI is InChI=1S/C14H13BrClNO/c1-7-5-11-12(8(2)13(7)15)14(16)9-6-18-4-3-10(9)17-11/h5H,3-4,6H2,1-2H3. The van der Waals surface area contributed by atoms with Crippen molar-refractivity contribution in [3.63, 3.8) is 0 Å². The highest BCUT2D eigenvalue weighted by Gasteiger charge is 2.19. The number of hydrogen-bond acceptors (Lipinski definition) is 2.